The third-order valence-corrected chi connectivity index (χ3v) is 3.91. The summed E-state index contributed by atoms with van der Waals surface area (Å²) in [4.78, 5) is 2.64. The summed E-state index contributed by atoms with van der Waals surface area (Å²) < 4.78 is 0. The standard InChI is InChI=1S/C15H32N2O/c1-3-5-9-17-12-14(7-4-2)11-15(13-17)16-8-6-10-18/h14-16,18H,3-13H2,1-2H3. The molecule has 18 heavy (non-hydrogen) atoms. The first-order valence-electron chi connectivity index (χ1n) is 7.86. The van der Waals surface area contributed by atoms with Gasteiger partial charge in [-0.15, -0.1) is 0 Å². The molecule has 108 valence electrons. The summed E-state index contributed by atoms with van der Waals surface area (Å²) in [6.45, 7) is 9.58. The molecule has 2 atom stereocenters. The molecular formula is C15H32N2O. The number of hydrogen-bond acceptors (Lipinski definition) is 3. The van der Waals surface area contributed by atoms with Gasteiger partial charge in [0, 0.05) is 25.7 Å². The maximum absolute atomic E-state index is 8.85. The Morgan fingerprint density at radius 1 is 1.17 bits per heavy atom. The Morgan fingerprint density at radius 3 is 2.67 bits per heavy atom. The molecule has 3 heteroatoms. The summed E-state index contributed by atoms with van der Waals surface area (Å²) in [5, 5.41) is 12.5. The van der Waals surface area contributed by atoms with E-state index in [0.29, 0.717) is 12.6 Å². The molecule has 0 saturated carbocycles. The highest BCUT2D eigenvalue weighted by Crippen LogP contribution is 2.21. The van der Waals surface area contributed by atoms with Crippen molar-refractivity contribution in [3.8, 4) is 0 Å². The highest BCUT2D eigenvalue weighted by atomic mass is 16.3. The molecule has 0 spiro atoms. The summed E-state index contributed by atoms with van der Waals surface area (Å²) >= 11 is 0. The van der Waals surface area contributed by atoms with Gasteiger partial charge in [-0.25, -0.2) is 0 Å². The number of rotatable bonds is 9. The first kappa shape index (κ1) is 15.9. The molecule has 0 aromatic heterocycles. The van der Waals surface area contributed by atoms with Gasteiger partial charge in [-0.05, 0) is 44.7 Å². The Kier molecular flexibility index (Phi) is 8.64. The van der Waals surface area contributed by atoms with Gasteiger partial charge >= 0.3 is 0 Å². The molecule has 1 saturated heterocycles. The van der Waals surface area contributed by atoms with Crippen molar-refractivity contribution in [2.75, 3.05) is 32.8 Å². The SMILES string of the molecule is CCCCN1CC(CCC)CC(NCCCO)C1. The lowest BCUT2D eigenvalue weighted by Crippen LogP contribution is -2.49. The molecule has 3 nitrogen and oxygen atoms in total. The van der Waals surface area contributed by atoms with Gasteiger partial charge in [0.25, 0.3) is 0 Å². The topological polar surface area (TPSA) is 35.5 Å². The third-order valence-electron chi connectivity index (χ3n) is 3.91. The molecule has 1 aliphatic rings. The van der Waals surface area contributed by atoms with Crippen LogP contribution in [0.1, 0.15) is 52.4 Å². The Labute approximate surface area is 113 Å². The lowest BCUT2D eigenvalue weighted by Gasteiger charge is -2.38. The zero-order valence-electron chi connectivity index (χ0n) is 12.3. The number of unbranched alkanes of at least 4 members (excludes halogenated alkanes) is 1. The van der Waals surface area contributed by atoms with Crippen molar-refractivity contribution >= 4 is 0 Å². The van der Waals surface area contributed by atoms with Gasteiger partial charge in [-0.3, -0.25) is 0 Å². The van der Waals surface area contributed by atoms with E-state index in [1.165, 1.54) is 51.7 Å². The van der Waals surface area contributed by atoms with Gasteiger partial charge in [0.15, 0.2) is 0 Å². The minimum atomic E-state index is 0.303. The first-order valence-corrected chi connectivity index (χ1v) is 7.86. The van der Waals surface area contributed by atoms with Gasteiger partial charge in [0.2, 0.25) is 0 Å². The van der Waals surface area contributed by atoms with E-state index in [0.717, 1.165) is 18.9 Å². The zero-order chi connectivity index (χ0) is 13.2. The number of hydrogen-bond donors (Lipinski definition) is 2. The highest BCUT2D eigenvalue weighted by Gasteiger charge is 2.25. The Balaban J connectivity index is 2.35. The molecule has 0 aliphatic carbocycles. The van der Waals surface area contributed by atoms with Crippen LogP contribution < -0.4 is 5.32 Å². The fourth-order valence-electron chi connectivity index (χ4n) is 3.02. The van der Waals surface area contributed by atoms with Crippen LogP contribution in [0.25, 0.3) is 0 Å². The molecule has 0 bridgehead atoms. The number of aliphatic hydroxyl groups excluding tert-OH is 1. The predicted molar refractivity (Wildman–Crippen MR) is 77.9 cm³/mol. The summed E-state index contributed by atoms with van der Waals surface area (Å²) in [6.07, 6.45) is 7.47. The van der Waals surface area contributed by atoms with E-state index in [1.54, 1.807) is 0 Å². The largest absolute Gasteiger partial charge is 0.396 e. The van der Waals surface area contributed by atoms with E-state index in [9.17, 15) is 0 Å². The van der Waals surface area contributed by atoms with Gasteiger partial charge in [0.1, 0.15) is 0 Å². The zero-order valence-corrected chi connectivity index (χ0v) is 12.3. The third kappa shape index (κ3) is 6.17. The molecule has 0 aromatic carbocycles. The van der Waals surface area contributed by atoms with Crippen LogP contribution in [0.4, 0.5) is 0 Å². The lowest BCUT2D eigenvalue weighted by atomic mass is 9.90. The molecule has 1 aliphatic heterocycles. The van der Waals surface area contributed by atoms with E-state index in [-0.39, 0.29) is 0 Å². The number of piperidine rings is 1. The van der Waals surface area contributed by atoms with E-state index in [2.05, 4.69) is 24.1 Å². The van der Waals surface area contributed by atoms with Gasteiger partial charge in [-0.2, -0.15) is 0 Å². The second-order valence-corrected chi connectivity index (χ2v) is 5.73. The summed E-state index contributed by atoms with van der Waals surface area (Å²) in [5.74, 6) is 0.868. The average Bonchev–Trinajstić information content (AvgIpc) is 2.37. The maximum Gasteiger partial charge on any atom is 0.0443 e. The van der Waals surface area contributed by atoms with Crippen LogP contribution in [0, 0.1) is 5.92 Å². The Hall–Kier alpha value is -0.120. The predicted octanol–water partition coefficient (Wildman–Crippen LogP) is 2.25. The van der Waals surface area contributed by atoms with Crippen LogP contribution >= 0.6 is 0 Å². The molecule has 0 radical (unpaired) electrons. The van der Waals surface area contributed by atoms with Crippen LogP contribution in [0.15, 0.2) is 0 Å². The van der Waals surface area contributed by atoms with Crippen LogP contribution in [-0.2, 0) is 0 Å². The van der Waals surface area contributed by atoms with Crippen LogP contribution in [0.3, 0.4) is 0 Å². The maximum atomic E-state index is 8.85. The van der Waals surface area contributed by atoms with E-state index < -0.39 is 0 Å². The second kappa shape index (κ2) is 9.76. The van der Waals surface area contributed by atoms with E-state index in [1.807, 2.05) is 0 Å². The van der Waals surface area contributed by atoms with Crippen LogP contribution in [0.2, 0.25) is 0 Å². The molecule has 1 rings (SSSR count). The smallest absolute Gasteiger partial charge is 0.0443 e. The van der Waals surface area contributed by atoms with Gasteiger partial charge < -0.3 is 15.3 Å². The van der Waals surface area contributed by atoms with Crippen molar-refractivity contribution in [2.45, 2.75) is 58.4 Å². The van der Waals surface area contributed by atoms with Crippen molar-refractivity contribution in [3.05, 3.63) is 0 Å². The quantitative estimate of drug-likeness (QED) is 0.621. The van der Waals surface area contributed by atoms with Crippen molar-refractivity contribution in [2.24, 2.45) is 5.92 Å². The molecule has 1 heterocycles. The van der Waals surface area contributed by atoms with E-state index in [4.69, 9.17) is 5.11 Å². The highest BCUT2D eigenvalue weighted by molar-refractivity contribution is 4.83. The summed E-state index contributed by atoms with van der Waals surface area (Å²) in [7, 11) is 0. The Morgan fingerprint density at radius 2 is 2.00 bits per heavy atom. The van der Waals surface area contributed by atoms with Crippen molar-refractivity contribution in [1.29, 1.82) is 0 Å². The molecule has 0 amide bonds. The van der Waals surface area contributed by atoms with Crippen molar-refractivity contribution in [1.82, 2.24) is 10.2 Å². The minimum Gasteiger partial charge on any atom is -0.396 e. The minimum absolute atomic E-state index is 0.303. The first-order chi connectivity index (χ1) is 8.80. The van der Waals surface area contributed by atoms with Crippen LogP contribution in [-0.4, -0.2) is 48.8 Å². The fraction of sp³-hybridized carbons (Fsp3) is 1.00. The lowest BCUT2D eigenvalue weighted by molar-refractivity contribution is 0.132. The monoisotopic (exact) mass is 256 g/mol. The molecule has 2 N–H and O–H groups in total. The fourth-order valence-corrected chi connectivity index (χ4v) is 3.02. The molecular weight excluding hydrogens is 224 g/mol. The number of aliphatic hydroxyl groups is 1. The Bertz CT molecular complexity index is 199. The summed E-state index contributed by atoms with van der Waals surface area (Å²) in [5.41, 5.74) is 0. The molecule has 0 aromatic rings. The number of nitrogens with one attached hydrogen (secondary N) is 1. The average molecular weight is 256 g/mol. The molecule has 2 unspecified atom stereocenters. The number of nitrogens with zero attached hydrogens (tertiary/aromatic N) is 1. The van der Waals surface area contributed by atoms with E-state index >= 15 is 0 Å². The van der Waals surface area contributed by atoms with Gasteiger partial charge in [-0.1, -0.05) is 26.7 Å². The molecule has 1 fully saturated rings. The normalized spacial score (nSPS) is 25.5. The van der Waals surface area contributed by atoms with Gasteiger partial charge in [0.05, 0.1) is 0 Å². The van der Waals surface area contributed by atoms with Crippen molar-refractivity contribution in [3.63, 3.8) is 0 Å². The van der Waals surface area contributed by atoms with Crippen molar-refractivity contribution < 1.29 is 5.11 Å². The summed E-state index contributed by atoms with van der Waals surface area (Å²) in [6, 6.07) is 0.638. The second-order valence-electron chi connectivity index (χ2n) is 5.73. The number of likely N-dealkylation sites (tertiary alicyclic amines) is 1. The van der Waals surface area contributed by atoms with Crippen LogP contribution in [0.5, 0.6) is 0 Å².